The van der Waals surface area contributed by atoms with Crippen LogP contribution in [0.15, 0.2) is 0 Å². The molecule has 0 rings (SSSR count). The summed E-state index contributed by atoms with van der Waals surface area (Å²) in [5, 5.41) is 8.63. The third-order valence-electron chi connectivity index (χ3n) is 1.95. The van der Waals surface area contributed by atoms with Gasteiger partial charge in [-0.25, -0.2) is 0 Å². The first-order valence-corrected chi connectivity index (χ1v) is 4.41. The third kappa shape index (κ3) is 5.13. The highest BCUT2D eigenvalue weighted by Crippen LogP contribution is 2.16. The summed E-state index contributed by atoms with van der Waals surface area (Å²) >= 11 is 0. The van der Waals surface area contributed by atoms with Crippen LogP contribution in [0.25, 0.3) is 0 Å². The van der Waals surface area contributed by atoms with Crippen molar-refractivity contribution in [1.29, 1.82) is 0 Å². The lowest BCUT2D eigenvalue weighted by Crippen LogP contribution is -2.21. The molecule has 0 aromatic heterocycles. The second-order valence-electron chi connectivity index (χ2n) is 3.79. The SMILES string of the molecule is C[C@@H](C[C@@H](C)C(=O)O)C[C@@H](C)N. The van der Waals surface area contributed by atoms with Gasteiger partial charge < -0.3 is 10.8 Å². The van der Waals surface area contributed by atoms with Gasteiger partial charge >= 0.3 is 5.97 Å². The highest BCUT2D eigenvalue weighted by atomic mass is 16.4. The fourth-order valence-corrected chi connectivity index (χ4v) is 1.44. The molecule has 0 amide bonds. The number of nitrogens with two attached hydrogens (primary N) is 1. The molecule has 3 N–H and O–H groups in total. The van der Waals surface area contributed by atoms with Crippen LogP contribution in [0.5, 0.6) is 0 Å². The molecule has 0 bridgehead atoms. The first kappa shape index (κ1) is 11.4. The summed E-state index contributed by atoms with van der Waals surface area (Å²) in [4.78, 5) is 10.5. The van der Waals surface area contributed by atoms with Gasteiger partial charge in [0, 0.05) is 6.04 Å². The molecule has 0 aromatic rings. The number of rotatable bonds is 5. The van der Waals surface area contributed by atoms with Crippen molar-refractivity contribution in [2.75, 3.05) is 0 Å². The third-order valence-corrected chi connectivity index (χ3v) is 1.95. The first-order chi connectivity index (χ1) is 5.43. The molecule has 0 aliphatic rings. The molecule has 0 aliphatic heterocycles. The van der Waals surface area contributed by atoms with Crippen LogP contribution in [0, 0.1) is 11.8 Å². The Bertz CT molecular complexity index is 145. The van der Waals surface area contributed by atoms with E-state index in [1.807, 2.05) is 13.8 Å². The van der Waals surface area contributed by atoms with Crippen molar-refractivity contribution in [3.63, 3.8) is 0 Å². The Morgan fingerprint density at radius 1 is 1.33 bits per heavy atom. The van der Waals surface area contributed by atoms with Gasteiger partial charge in [-0.1, -0.05) is 13.8 Å². The number of aliphatic carboxylic acids is 1. The monoisotopic (exact) mass is 173 g/mol. The molecule has 0 aliphatic carbocycles. The summed E-state index contributed by atoms with van der Waals surface area (Å²) in [6.07, 6.45) is 1.62. The molecule has 0 aromatic carbocycles. The molecular weight excluding hydrogens is 154 g/mol. The molecule has 0 heterocycles. The molecule has 3 heteroatoms. The topological polar surface area (TPSA) is 63.3 Å². The van der Waals surface area contributed by atoms with Crippen LogP contribution in [0.1, 0.15) is 33.6 Å². The van der Waals surface area contributed by atoms with E-state index in [1.54, 1.807) is 6.92 Å². The Labute approximate surface area is 74.0 Å². The molecule has 3 atom stereocenters. The van der Waals surface area contributed by atoms with Crippen LogP contribution in [0.3, 0.4) is 0 Å². The average Bonchev–Trinajstić information content (AvgIpc) is 1.84. The molecular formula is C9H19NO2. The summed E-state index contributed by atoms with van der Waals surface area (Å²) in [5.74, 6) is -0.568. The van der Waals surface area contributed by atoms with E-state index in [0.717, 1.165) is 12.8 Å². The quantitative estimate of drug-likeness (QED) is 0.661. The molecule has 0 saturated heterocycles. The Kier molecular flexibility index (Phi) is 4.90. The van der Waals surface area contributed by atoms with Crippen molar-refractivity contribution in [1.82, 2.24) is 0 Å². The van der Waals surface area contributed by atoms with E-state index in [9.17, 15) is 4.79 Å². The van der Waals surface area contributed by atoms with Crippen molar-refractivity contribution in [2.24, 2.45) is 17.6 Å². The highest BCUT2D eigenvalue weighted by molar-refractivity contribution is 5.69. The van der Waals surface area contributed by atoms with Crippen LogP contribution in [-0.2, 0) is 4.79 Å². The zero-order valence-corrected chi connectivity index (χ0v) is 8.08. The largest absolute Gasteiger partial charge is 0.481 e. The number of carboxylic acid groups (broad SMARTS) is 1. The van der Waals surface area contributed by atoms with E-state index in [0.29, 0.717) is 5.92 Å². The van der Waals surface area contributed by atoms with E-state index in [-0.39, 0.29) is 12.0 Å². The van der Waals surface area contributed by atoms with Crippen molar-refractivity contribution in [3.8, 4) is 0 Å². The second-order valence-corrected chi connectivity index (χ2v) is 3.79. The number of hydrogen-bond donors (Lipinski definition) is 2. The van der Waals surface area contributed by atoms with Crippen molar-refractivity contribution in [2.45, 2.75) is 39.7 Å². The number of hydrogen-bond acceptors (Lipinski definition) is 2. The van der Waals surface area contributed by atoms with E-state index in [2.05, 4.69) is 0 Å². The fraction of sp³-hybridized carbons (Fsp3) is 0.889. The molecule has 0 spiro atoms. The Balaban J connectivity index is 3.68. The fourth-order valence-electron chi connectivity index (χ4n) is 1.44. The minimum Gasteiger partial charge on any atom is -0.481 e. The summed E-state index contributed by atoms with van der Waals surface area (Å²) in [7, 11) is 0. The normalized spacial score (nSPS) is 18.3. The van der Waals surface area contributed by atoms with Gasteiger partial charge in [-0.15, -0.1) is 0 Å². The molecule has 3 nitrogen and oxygen atoms in total. The van der Waals surface area contributed by atoms with Crippen molar-refractivity contribution >= 4 is 5.97 Å². The van der Waals surface area contributed by atoms with Crippen LogP contribution < -0.4 is 5.73 Å². The zero-order chi connectivity index (χ0) is 9.72. The molecule has 0 saturated carbocycles. The summed E-state index contributed by atoms with van der Waals surface area (Å²) in [6, 6.07) is 0.168. The van der Waals surface area contributed by atoms with E-state index < -0.39 is 5.97 Å². The maximum atomic E-state index is 10.5. The van der Waals surface area contributed by atoms with E-state index in [1.165, 1.54) is 0 Å². The van der Waals surface area contributed by atoms with Gasteiger partial charge in [0.2, 0.25) is 0 Å². The summed E-state index contributed by atoms with van der Waals surface area (Å²) in [5.41, 5.74) is 5.60. The zero-order valence-electron chi connectivity index (χ0n) is 8.08. The Morgan fingerprint density at radius 2 is 1.83 bits per heavy atom. The standard InChI is InChI=1S/C9H19NO2/c1-6(5-8(3)10)4-7(2)9(11)12/h6-8H,4-5,10H2,1-3H3,(H,11,12)/t6-,7+,8+/m0/s1. The van der Waals surface area contributed by atoms with Crippen LogP contribution in [0.2, 0.25) is 0 Å². The van der Waals surface area contributed by atoms with Gasteiger partial charge in [0.05, 0.1) is 5.92 Å². The molecule has 12 heavy (non-hydrogen) atoms. The maximum absolute atomic E-state index is 10.5. The van der Waals surface area contributed by atoms with Gasteiger partial charge in [-0.2, -0.15) is 0 Å². The minimum atomic E-state index is -0.716. The Morgan fingerprint density at radius 3 is 2.17 bits per heavy atom. The first-order valence-electron chi connectivity index (χ1n) is 4.41. The number of carbonyl (C=O) groups is 1. The van der Waals surface area contributed by atoms with Gasteiger partial charge in [0.15, 0.2) is 0 Å². The van der Waals surface area contributed by atoms with E-state index in [4.69, 9.17) is 10.8 Å². The minimum absolute atomic E-state index is 0.168. The summed E-state index contributed by atoms with van der Waals surface area (Å²) < 4.78 is 0. The lowest BCUT2D eigenvalue weighted by molar-refractivity contribution is -0.141. The van der Waals surface area contributed by atoms with Crippen LogP contribution in [-0.4, -0.2) is 17.1 Å². The summed E-state index contributed by atoms with van der Waals surface area (Å²) in [6.45, 7) is 5.73. The predicted molar refractivity (Wildman–Crippen MR) is 48.8 cm³/mol. The van der Waals surface area contributed by atoms with Crippen LogP contribution in [0.4, 0.5) is 0 Å². The molecule has 0 fully saturated rings. The molecule has 0 radical (unpaired) electrons. The maximum Gasteiger partial charge on any atom is 0.306 e. The van der Waals surface area contributed by atoms with Gasteiger partial charge in [0.1, 0.15) is 0 Å². The van der Waals surface area contributed by atoms with Crippen molar-refractivity contribution in [3.05, 3.63) is 0 Å². The predicted octanol–water partition coefficient (Wildman–Crippen LogP) is 1.47. The van der Waals surface area contributed by atoms with Gasteiger partial charge in [-0.3, -0.25) is 4.79 Å². The van der Waals surface area contributed by atoms with Gasteiger partial charge in [0.25, 0.3) is 0 Å². The molecule has 72 valence electrons. The molecule has 0 unspecified atom stereocenters. The number of carboxylic acids is 1. The second kappa shape index (κ2) is 5.14. The van der Waals surface area contributed by atoms with Gasteiger partial charge in [-0.05, 0) is 25.7 Å². The van der Waals surface area contributed by atoms with Crippen LogP contribution >= 0.6 is 0 Å². The smallest absolute Gasteiger partial charge is 0.306 e. The highest BCUT2D eigenvalue weighted by Gasteiger charge is 2.15. The lowest BCUT2D eigenvalue weighted by atomic mass is 9.92. The Hall–Kier alpha value is -0.570. The van der Waals surface area contributed by atoms with E-state index >= 15 is 0 Å². The lowest BCUT2D eigenvalue weighted by Gasteiger charge is -2.15. The van der Waals surface area contributed by atoms with Crippen molar-refractivity contribution < 1.29 is 9.90 Å². The average molecular weight is 173 g/mol.